The van der Waals surface area contributed by atoms with Crippen molar-refractivity contribution >= 4 is 11.7 Å². The monoisotopic (exact) mass is 263 g/mol. The van der Waals surface area contributed by atoms with Gasteiger partial charge in [0.2, 0.25) is 0 Å². The molecule has 2 unspecified atom stereocenters. The lowest BCUT2D eigenvalue weighted by atomic mass is 10.0. The average molecular weight is 263 g/mol. The molecule has 19 heavy (non-hydrogen) atoms. The van der Waals surface area contributed by atoms with Crippen molar-refractivity contribution in [1.29, 1.82) is 5.41 Å². The lowest BCUT2D eigenvalue weighted by Crippen LogP contribution is -2.28. The first-order chi connectivity index (χ1) is 8.91. The number of rotatable bonds is 3. The highest BCUT2D eigenvalue weighted by Crippen LogP contribution is 2.28. The van der Waals surface area contributed by atoms with E-state index in [1.54, 1.807) is 0 Å². The number of amidine groups is 1. The number of hydrogen-bond donors (Lipinski definition) is 3. The number of aliphatic hydroxyl groups is 1. The van der Waals surface area contributed by atoms with E-state index in [2.05, 4.69) is 15.1 Å². The van der Waals surface area contributed by atoms with Crippen LogP contribution >= 0.6 is 0 Å². The fourth-order valence-electron chi connectivity index (χ4n) is 2.51. The molecule has 2 atom stereocenters. The highest BCUT2D eigenvalue weighted by molar-refractivity contribution is 6.01. The minimum atomic E-state index is -0.328. The molecule has 0 aromatic carbocycles. The lowest BCUT2D eigenvalue weighted by molar-refractivity contribution is 0.136. The normalized spacial score (nSPS) is 20.6. The second-order valence-corrected chi connectivity index (χ2v) is 5.26. The maximum absolute atomic E-state index is 9.66. The maximum atomic E-state index is 9.66. The van der Waals surface area contributed by atoms with Crippen LogP contribution in [0.25, 0.3) is 0 Å². The van der Waals surface area contributed by atoms with Gasteiger partial charge in [0.15, 0.2) is 5.82 Å². The quantitative estimate of drug-likeness (QED) is 0.547. The first-order valence-corrected chi connectivity index (χ1v) is 6.53. The van der Waals surface area contributed by atoms with Crippen LogP contribution in [0.2, 0.25) is 0 Å². The van der Waals surface area contributed by atoms with Gasteiger partial charge >= 0.3 is 0 Å². The minimum Gasteiger partial charge on any atom is -0.393 e. The van der Waals surface area contributed by atoms with Gasteiger partial charge in [-0.15, -0.1) is 5.10 Å². The van der Waals surface area contributed by atoms with Gasteiger partial charge in [-0.25, -0.2) is 0 Å². The molecule has 0 saturated carbocycles. The average Bonchev–Trinajstić information content (AvgIpc) is 2.81. The number of nitrogens with one attached hydrogen (secondary N) is 1. The van der Waals surface area contributed by atoms with Crippen molar-refractivity contribution in [2.24, 2.45) is 11.7 Å². The molecule has 0 aliphatic carbocycles. The lowest BCUT2D eigenvalue weighted by Gasteiger charge is -2.22. The van der Waals surface area contributed by atoms with E-state index in [4.69, 9.17) is 11.1 Å². The van der Waals surface area contributed by atoms with E-state index in [0.29, 0.717) is 11.4 Å². The van der Waals surface area contributed by atoms with Gasteiger partial charge in [0.05, 0.1) is 17.4 Å². The van der Waals surface area contributed by atoms with Crippen molar-refractivity contribution in [3.05, 3.63) is 16.8 Å². The number of nitrogen functional groups attached to an aromatic ring is 1. The van der Waals surface area contributed by atoms with E-state index in [9.17, 15) is 5.11 Å². The molecule has 0 bridgehead atoms. The summed E-state index contributed by atoms with van der Waals surface area (Å²) in [7, 11) is 0. The predicted molar refractivity (Wildman–Crippen MR) is 74.5 cm³/mol. The van der Waals surface area contributed by atoms with E-state index >= 15 is 0 Å². The van der Waals surface area contributed by atoms with Crippen LogP contribution in [0.15, 0.2) is 0 Å². The van der Waals surface area contributed by atoms with Crippen LogP contribution in [0.1, 0.15) is 30.2 Å². The topological polar surface area (TPSA) is 99.1 Å². The predicted octanol–water partition coefficient (Wildman–Crippen LogP) is 0.585. The zero-order valence-electron chi connectivity index (χ0n) is 11.6. The highest BCUT2D eigenvalue weighted by atomic mass is 16.3. The molecule has 2 heterocycles. The Labute approximate surface area is 113 Å². The Kier molecular flexibility index (Phi) is 3.71. The zero-order chi connectivity index (χ0) is 14.2. The smallest absolute Gasteiger partial charge is 0.162 e. The van der Waals surface area contributed by atoms with Crippen LogP contribution in [-0.4, -0.2) is 40.3 Å². The minimum absolute atomic E-state index is 0.0194. The maximum Gasteiger partial charge on any atom is 0.162 e. The van der Waals surface area contributed by atoms with Gasteiger partial charge in [0.25, 0.3) is 0 Å². The van der Waals surface area contributed by atoms with E-state index < -0.39 is 0 Å². The largest absolute Gasteiger partial charge is 0.393 e. The van der Waals surface area contributed by atoms with Gasteiger partial charge in [0, 0.05) is 19.0 Å². The Hall–Kier alpha value is -1.69. The number of hydrogen-bond acceptors (Lipinski definition) is 5. The van der Waals surface area contributed by atoms with E-state index in [-0.39, 0.29) is 17.9 Å². The van der Waals surface area contributed by atoms with Crippen molar-refractivity contribution < 1.29 is 5.11 Å². The van der Waals surface area contributed by atoms with Crippen molar-refractivity contribution in [3.63, 3.8) is 0 Å². The molecular weight excluding hydrogens is 242 g/mol. The Morgan fingerprint density at radius 2 is 2.16 bits per heavy atom. The molecule has 1 aromatic heterocycles. The Bertz CT molecular complexity index is 500. The van der Waals surface area contributed by atoms with Gasteiger partial charge in [-0.2, -0.15) is 5.10 Å². The number of nitrogens with zero attached hydrogens (tertiary/aromatic N) is 3. The number of anilines is 1. The summed E-state index contributed by atoms with van der Waals surface area (Å²) in [4.78, 5) is 2.06. The number of aromatic nitrogens is 2. The van der Waals surface area contributed by atoms with Crippen molar-refractivity contribution in [2.45, 2.75) is 33.3 Å². The summed E-state index contributed by atoms with van der Waals surface area (Å²) < 4.78 is 0. The van der Waals surface area contributed by atoms with Crippen LogP contribution in [0.5, 0.6) is 0 Å². The van der Waals surface area contributed by atoms with E-state index in [0.717, 1.165) is 30.8 Å². The van der Waals surface area contributed by atoms with Gasteiger partial charge < -0.3 is 15.7 Å². The molecule has 1 aliphatic rings. The molecule has 0 amide bonds. The third-order valence-electron chi connectivity index (χ3n) is 3.91. The van der Waals surface area contributed by atoms with E-state index in [1.165, 1.54) is 0 Å². The first-order valence-electron chi connectivity index (χ1n) is 6.53. The van der Waals surface area contributed by atoms with Crippen LogP contribution < -0.4 is 10.6 Å². The highest BCUT2D eigenvalue weighted by Gasteiger charge is 2.29. The van der Waals surface area contributed by atoms with Gasteiger partial charge in [-0.05, 0) is 32.8 Å². The molecule has 1 aliphatic heterocycles. The van der Waals surface area contributed by atoms with Gasteiger partial charge in [-0.3, -0.25) is 5.41 Å². The zero-order valence-corrected chi connectivity index (χ0v) is 11.6. The summed E-state index contributed by atoms with van der Waals surface area (Å²) in [5.74, 6) is 0.924. The molecule has 1 fully saturated rings. The molecule has 104 valence electrons. The van der Waals surface area contributed by atoms with Crippen LogP contribution in [0.3, 0.4) is 0 Å². The second kappa shape index (κ2) is 5.13. The Morgan fingerprint density at radius 1 is 1.47 bits per heavy atom. The van der Waals surface area contributed by atoms with Crippen molar-refractivity contribution in [3.8, 4) is 0 Å². The molecule has 6 nitrogen and oxygen atoms in total. The van der Waals surface area contributed by atoms with Crippen LogP contribution in [-0.2, 0) is 0 Å². The third kappa shape index (κ3) is 2.53. The number of nitrogens with two attached hydrogens (primary N) is 1. The number of aryl methyl sites for hydroxylation is 1. The molecule has 1 saturated heterocycles. The standard InChI is InChI=1S/C13H21N5O/c1-7-8(2)16-17-13(11(7)12(14)15)18-5-4-10(6-18)9(3)19/h9-10,19H,4-6H2,1-3H3,(H3,14,15). The summed E-state index contributed by atoms with van der Waals surface area (Å²) in [5, 5.41) is 25.8. The number of aliphatic hydroxyl groups excluding tert-OH is 1. The molecule has 2 rings (SSSR count). The van der Waals surface area contributed by atoms with Gasteiger partial charge in [0.1, 0.15) is 5.84 Å². The SMILES string of the molecule is Cc1nnc(N2CCC(C(C)O)C2)c(C(=N)N)c1C. The van der Waals surface area contributed by atoms with E-state index in [1.807, 2.05) is 20.8 Å². The summed E-state index contributed by atoms with van der Waals surface area (Å²) in [6, 6.07) is 0. The molecule has 6 heteroatoms. The fourth-order valence-corrected chi connectivity index (χ4v) is 2.51. The molecule has 0 spiro atoms. The Morgan fingerprint density at radius 3 is 2.68 bits per heavy atom. The molecular formula is C13H21N5O. The fraction of sp³-hybridized carbons (Fsp3) is 0.615. The van der Waals surface area contributed by atoms with Gasteiger partial charge in [-0.1, -0.05) is 0 Å². The summed E-state index contributed by atoms with van der Waals surface area (Å²) >= 11 is 0. The second-order valence-electron chi connectivity index (χ2n) is 5.26. The van der Waals surface area contributed by atoms with Crippen molar-refractivity contribution in [2.75, 3.05) is 18.0 Å². The first kappa shape index (κ1) is 13.7. The summed E-state index contributed by atoms with van der Waals surface area (Å²) in [6.45, 7) is 7.13. The summed E-state index contributed by atoms with van der Waals surface area (Å²) in [5.41, 5.74) is 8.04. The molecule has 0 radical (unpaired) electrons. The summed E-state index contributed by atoms with van der Waals surface area (Å²) in [6.07, 6.45) is 0.592. The Balaban J connectivity index is 2.36. The third-order valence-corrected chi connectivity index (χ3v) is 3.91. The van der Waals surface area contributed by atoms with Crippen LogP contribution in [0.4, 0.5) is 5.82 Å². The van der Waals surface area contributed by atoms with Crippen molar-refractivity contribution in [1.82, 2.24) is 10.2 Å². The molecule has 4 N–H and O–H groups in total. The van der Waals surface area contributed by atoms with Crippen LogP contribution in [0, 0.1) is 25.2 Å². The molecule has 1 aromatic rings.